The summed E-state index contributed by atoms with van der Waals surface area (Å²) in [5.41, 5.74) is 8.13. The third-order valence-corrected chi connectivity index (χ3v) is 2.41. The molecule has 0 radical (unpaired) electrons. The standard InChI is InChI=1S/C8H14N4O5/c1-3(13)11-5-7(15)6(14)4(2-10-12-9)17-8(5)16/h4-8,14-16H,2H2,1H3,(H,11,13)/t4?,5?,6-,7-,8?/m1/s1. The first-order chi connectivity index (χ1) is 7.97. The molecule has 1 fully saturated rings. The monoisotopic (exact) mass is 246 g/mol. The first kappa shape index (κ1) is 13.7. The van der Waals surface area contributed by atoms with Crippen molar-refractivity contribution in [2.24, 2.45) is 5.11 Å². The maximum absolute atomic E-state index is 10.8. The largest absolute Gasteiger partial charge is 0.388 e. The number of nitrogens with zero attached hydrogens (tertiary/aromatic N) is 3. The molecule has 4 N–H and O–H groups in total. The molecule has 0 aliphatic carbocycles. The van der Waals surface area contributed by atoms with Crippen LogP contribution in [0.5, 0.6) is 0 Å². The van der Waals surface area contributed by atoms with Crippen LogP contribution < -0.4 is 5.32 Å². The number of hydrogen-bond donors (Lipinski definition) is 4. The Balaban J connectivity index is 2.71. The molecule has 1 aliphatic heterocycles. The quantitative estimate of drug-likeness (QED) is 0.264. The number of rotatable bonds is 3. The van der Waals surface area contributed by atoms with Gasteiger partial charge in [0, 0.05) is 11.8 Å². The fraction of sp³-hybridized carbons (Fsp3) is 0.875. The second-order valence-corrected chi connectivity index (χ2v) is 3.69. The van der Waals surface area contributed by atoms with E-state index in [4.69, 9.17) is 10.3 Å². The second-order valence-electron chi connectivity index (χ2n) is 3.69. The zero-order chi connectivity index (χ0) is 13.0. The SMILES string of the molecule is CC(=O)NC1C(O)OC(CN=[N+]=[N-])[C@@H](O)[C@@H]1O. The van der Waals surface area contributed by atoms with Gasteiger partial charge in [-0.1, -0.05) is 5.11 Å². The van der Waals surface area contributed by atoms with E-state index in [0.717, 1.165) is 0 Å². The van der Waals surface area contributed by atoms with Gasteiger partial charge in [-0.05, 0) is 5.53 Å². The van der Waals surface area contributed by atoms with Crippen molar-refractivity contribution >= 4 is 5.91 Å². The number of nitrogens with one attached hydrogen (secondary N) is 1. The Bertz CT molecular complexity index is 332. The number of hydrogen-bond acceptors (Lipinski definition) is 6. The second kappa shape index (κ2) is 5.80. The molecule has 1 aliphatic rings. The van der Waals surface area contributed by atoms with E-state index in [0.29, 0.717) is 0 Å². The van der Waals surface area contributed by atoms with Crippen LogP contribution in [0.15, 0.2) is 5.11 Å². The van der Waals surface area contributed by atoms with E-state index in [1.807, 2.05) is 0 Å². The van der Waals surface area contributed by atoms with Gasteiger partial charge in [-0.3, -0.25) is 4.79 Å². The van der Waals surface area contributed by atoms with Crippen LogP contribution in [0.3, 0.4) is 0 Å². The molecule has 1 saturated heterocycles. The topological polar surface area (TPSA) is 148 Å². The van der Waals surface area contributed by atoms with Gasteiger partial charge in [0.1, 0.15) is 18.2 Å². The van der Waals surface area contributed by atoms with Gasteiger partial charge in [0.25, 0.3) is 0 Å². The van der Waals surface area contributed by atoms with Gasteiger partial charge < -0.3 is 25.4 Å². The molecule has 0 bridgehead atoms. The fourth-order valence-electron chi connectivity index (χ4n) is 1.60. The zero-order valence-electron chi connectivity index (χ0n) is 9.09. The van der Waals surface area contributed by atoms with E-state index >= 15 is 0 Å². The summed E-state index contributed by atoms with van der Waals surface area (Å²) in [5, 5.41) is 34.3. The van der Waals surface area contributed by atoms with Crippen LogP contribution in [0.25, 0.3) is 10.4 Å². The highest BCUT2D eigenvalue weighted by Gasteiger charge is 2.43. The van der Waals surface area contributed by atoms with E-state index in [9.17, 15) is 20.1 Å². The Kier molecular flexibility index (Phi) is 4.67. The van der Waals surface area contributed by atoms with E-state index in [-0.39, 0.29) is 6.54 Å². The minimum absolute atomic E-state index is 0.224. The zero-order valence-corrected chi connectivity index (χ0v) is 9.09. The Morgan fingerprint density at radius 3 is 2.65 bits per heavy atom. The average molecular weight is 246 g/mol. The normalized spacial score (nSPS) is 37.1. The predicted molar refractivity (Wildman–Crippen MR) is 54.5 cm³/mol. The number of carbonyl (C=O) groups is 1. The smallest absolute Gasteiger partial charge is 0.217 e. The number of amides is 1. The third kappa shape index (κ3) is 3.29. The first-order valence-corrected chi connectivity index (χ1v) is 4.95. The number of azide groups is 1. The number of ether oxygens (including phenoxy) is 1. The highest BCUT2D eigenvalue weighted by atomic mass is 16.6. The van der Waals surface area contributed by atoms with Crippen molar-refractivity contribution < 1.29 is 24.9 Å². The predicted octanol–water partition coefficient (Wildman–Crippen LogP) is -1.76. The molecule has 0 aromatic rings. The molecular formula is C8H14N4O5. The van der Waals surface area contributed by atoms with Crippen molar-refractivity contribution in [2.75, 3.05) is 6.54 Å². The molecule has 0 aromatic heterocycles. The molecule has 0 aromatic carbocycles. The number of aliphatic hydroxyl groups is 3. The highest BCUT2D eigenvalue weighted by Crippen LogP contribution is 2.20. The van der Waals surface area contributed by atoms with Crippen molar-refractivity contribution in [3.05, 3.63) is 10.4 Å². The summed E-state index contributed by atoms with van der Waals surface area (Å²) < 4.78 is 4.95. The molecule has 9 heteroatoms. The Hall–Kier alpha value is -1.38. The Morgan fingerprint density at radius 2 is 2.12 bits per heavy atom. The van der Waals surface area contributed by atoms with Crippen molar-refractivity contribution in [3.63, 3.8) is 0 Å². The van der Waals surface area contributed by atoms with Gasteiger partial charge in [-0.2, -0.15) is 0 Å². The Labute approximate surface area is 96.6 Å². The molecular weight excluding hydrogens is 232 g/mol. The highest BCUT2D eigenvalue weighted by molar-refractivity contribution is 5.73. The molecule has 1 amide bonds. The van der Waals surface area contributed by atoms with Crippen LogP contribution in [0.4, 0.5) is 0 Å². The molecule has 1 rings (SSSR count). The summed E-state index contributed by atoms with van der Waals surface area (Å²) >= 11 is 0. The maximum Gasteiger partial charge on any atom is 0.217 e. The van der Waals surface area contributed by atoms with Crippen LogP contribution >= 0.6 is 0 Å². The summed E-state index contributed by atoms with van der Waals surface area (Å²) in [6.45, 7) is 0.983. The molecule has 3 unspecified atom stereocenters. The van der Waals surface area contributed by atoms with Gasteiger partial charge in [0.05, 0.1) is 12.6 Å². The summed E-state index contributed by atoms with van der Waals surface area (Å²) in [7, 11) is 0. The summed E-state index contributed by atoms with van der Waals surface area (Å²) in [6, 6.07) is -1.12. The van der Waals surface area contributed by atoms with Crippen LogP contribution in [0, 0.1) is 0 Å². The van der Waals surface area contributed by atoms with E-state index in [1.165, 1.54) is 6.92 Å². The van der Waals surface area contributed by atoms with Gasteiger partial charge in [-0.25, -0.2) is 0 Å². The van der Waals surface area contributed by atoms with Gasteiger partial charge in [0.2, 0.25) is 5.91 Å². The Morgan fingerprint density at radius 1 is 1.47 bits per heavy atom. The van der Waals surface area contributed by atoms with Crippen molar-refractivity contribution in [1.29, 1.82) is 0 Å². The average Bonchev–Trinajstić information content (AvgIpc) is 2.27. The third-order valence-electron chi connectivity index (χ3n) is 2.41. The van der Waals surface area contributed by atoms with Gasteiger partial charge in [0.15, 0.2) is 6.29 Å². The summed E-state index contributed by atoms with van der Waals surface area (Å²) in [5.74, 6) is -0.475. The van der Waals surface area contributed by atoms with E-state index < -0.39 is 36.6 Å². The minimum atomic E-state index is -1.48. The van der Waals surface area contributed by atoms with Crippen molar-refractivity contribution in [3.8, 4) is 0 Å². The summed E-state index contributed by atoms with van der Waals surface area (Å²) in [6.07, 6.45) is -5.25. The molecule has 9 nitrogen and oxygen atoms in total. The molecule has 0 saturated carbocycles. The summed E-state index contributed by atoms with van der Waals surface area (Å²) in [4.78, 5) is 13.3. The number of aliphatic hydroxyl groups excluding tert-OH is 3. The lowest BCUT2D eigenvalue weighted by Gasteiger charge is -2.40. The molecule has 5 atom stereocenters. The maximum atomic E-state index is 10.8. The molecule has 0 spiro atoms. The lowest BCUT2D eigenvalue weighted by molar-refractivity contribution is -0.244. The van der Waals surface area contributed by atoms with Crippen LogP contribution in [0.2, 0.25) is 0 Å². The van der Waals surface area contributed by atoms with Crippen LogP contribution in [0.1, 0.15) is 6.92 Å². The number of carbonyl (C=O) groups excluding carboxylic acids is 1. The fourth-order valence-corrected chi connectivity index (χ4v) is 1.60. The lowest BCUT2D eigenvalue weighted by Crippen LogP contribution is -2.63. The molecule has 96 valence electrons. The van der Waals surface area contributed by atoms with E-state index in [2.05, 4.69) is 15.3 Å². The van der Waals surface area contributed by atoms with Crippen LogP contribution in [-0.2, 0) is 9.53 Å². The van der Waals surface area contributed by atoms with Gasteiger partial charge in [-0.15, -0.1) is 0 Å². The first-order valence-electron chi connectivity index (χ1n) is 4.95. The lowest BCUT2D eigenvalue weighted by atomic mass is 9.97. The van der Waals surface area contributed by atoms with Crippen molar-refractivity contribution in [1.82, 2.24) is 5.32 Å². The molecule has 17 heavy (non-hydrogen) atoms. The van der Waals surface area contributed by atoms with Gasteiger partial charge >= 0.3 is 0 Å². The minimum Gasteiger partial charge on any atom is -0.388 e. The van der Waals surface area contributed by atoms with Crippen LogP contribution in [-0.4, -0.2) is 58.4 Å². The van der Waals surface area contributed by atoms with E-state index in [1.54, 1.807) is 0 Å². The molecule has 1 heterocycles. The van der Waals surface area contributed by atoms with Crippen molar-refractivity contribution in [2.45, 2.75) is 37.6 Å².